The molecule has 0 unspecified atom stereocenters. The van der Waals surface area contributed by atoms with E-state index in [1.165, 1.54) is 47.9 Å². The predicted molar refractivity (Wildman–Crippen MR) is 189 cm³/mol. The first-order valence-electron chi connectivity index (χ1n) is 14.9. The molecule has 2 heterocycles. The van der Waals surface area contributed by atoms with Crippen molar-refractivity contribution in [1.29, 1.82) is 0 Å². The quantitative estimate of drug-likeness (QED) is 0.206. The van der Waals surface area contributed by atoms with Gasteiger partial charge in [0.1, 0.15) is 11.2 Å². The lowest BCUT2D eigenvalue weighted by atomic mass is 10.00. The minimum atomic E-state index is 0.924. The number of nitrogens with zero attached hydrogens (tertiary/aromatic N) is 1. The third-order valence-electron chi connectivity index (χ3n) is 8.79. The summed E-state index contributed by atoms with van der Waals surface area (Å²) in [5, 5.41) is 7.16. The Kier molecular flexibility index (Phi) is 5.62. The fourth-order valence-corrected chi connectivity index (χ4v) is 7.95. The molecule has 0 amide bonds. The molecule has 0 saturated carbocycles. The zero-order valence-electron chi connectivity index (χ0n) is 24.1. The fraction of sp³-hybridized carbons (Fsp3) is 0.0244. The SMILES string of the molecule is Cc1cccc2oc3c4ccccc4c(N(c4ccc(-c5ccccc5)cc4)c4cccc5c4sc4ccccc45)cc3c12. The molecule has 0 spiro atoms. The van der Waals surface area contributed by atoms with Crippen molar-refractivity contribution in [2.45, 2.75) is 6.92 Å². The maximum atomic E-state index is 6.55. The maximum Gasteiger partial charge on any atom is 0.143 e. The number of thiophene rings is 1. The standard InChI is InChI=1S/C41H27NOS/c1-26-11-9-19-37-39(26)34-25-36(30-14-5-6-16-32(30)40(34)43-37)42(29-23-21-28(22-24-29)27-12-3-2-4-13-27)35-18-10-17-33-31-15-7-8-20-38(31)44-41(33)35/h2-25H,1H3. The molecule has 9 aromatic rings. The van der Waals surface area contributed by atoms with E-state index in [1.807, 2.05) is 11.3 Å². The summed E-state index contributed by atoms with van der Waals surface area (Å²) < 4.78 is 9.12. The van der Waals surface area contributed by atoms with Gasteiger partial charge < -0.3 is 9.32 Å². The minimum Gasteiger partial charge on any atom is -0.455 e. The van der Waals surface area contributed by atoms with Gasteiger partial charge in [-0.2, -0.15) is 0 Å². The highest BCUT2D eigenvalue weighted by Gasteiger charge is 2.23. The molecule has 0 aliphatic heterocycles. The van der Waals surface area contributed by atoms with Gasteiger partial charge in [0.2, 0.25) is 0 Å². The van der Waals surface area contributed by atoms with Crippen LogP contribution >= 0.6 is 11.3 Å². The highest BCUT2D eigenvalue weighted by Crippen LogP contribution is 2.48. The molecule has 0 atom stereocenters. The van der Waals surface area contributed by atoms with Crippen molar-refractivity contribution >= 4 is 81.3 Å². The number of hydrogen-bond acceptors (Lipinski definition) is 3. The van der Waals surface area contributed by atoms with Crippen molar-refractivity contribution in [2.75, 3.05) is 4.90 Å². The van der Waals surface area contributed by atoms with Crippen molar-refractivity contribution in [1.82, 2.24) is 0 Å². The third-order valence-corrected chi connectivity index (χ3v) is 10.00. The second-order valence-electron chi connectivity index (χ2n) is 11.4. The van der Waals surface area contributed by atoms with Gasteiger partial charge in [-0.3, -0.25) is 0 Å². The topological polar surface area (TPSA) is 16.4 Å². The summed E-state index contributed by atoms with van der Waals surface area (Å²) in [6.45, 7) is 2.17. The number of rotatable bonds is 4. The number of fused-ring (bicyclic) bond motifs is 8. The van der Waals surface area contributed by atoms with Crippen molar-refractivity contribution in [3.8, 4) is 11.1 Å². The molecule has 208 valence electrons. The summed E-state index contributed by atoms with van der Waals surface area (Å²) in [5.74, 6) is 0. The van der Waals surface area contributed by atoms with Crippen LogP contribution in [-0.4, -0.2) is 0 Å². The lowest BCUT2D eigenvalue weighted by Gasteiger charge is -2.28. The lowest BCUT2D eigenvalue weighted by molar-refractivity contribution is 0.672. The number of furan rings is 1. The monoisotopic (exact) mass is 581 g/mol. The van der Waals surface area contributed by atoms with Gasteiger partial charge in [-0.15, -0.1) is 11.3 Å². The van der Waals surface area contributed by atoms with Gasteiger partial charge in [0.25, 0.3) is 0 Å². The highest BCUT2D eigenvalue weighted by molar-refractivity contribution is 7.26. The summed E-state index contributed by atoms with van der Waals surface area (Å²) in [7, 11) is 0. The second-order valence-corrected chi connectivity index (χ2v) is 12.4. The number of aryl methyl sites for hydroxylation is 1. The van der Waals surface area contributed by atoms with E-state index in [4.69, 9.17) is 4.42 Å². The van der Waals surface area contributed by atoms with Gasteiger partial charge in [-0.05, 0) is 60.0 Å². The first-order valence-corrected chi connectivity index (χ1v) is 15.8. The molecule has 0 N–H and O–H groups in total. The molecule has 0 fully saturated rings. The van der Waals surface area contributed by atoms with Crippen LogP contribution in [-0.2, 0) is 0 Å². The molecule has 7 aromatic carbocycles. The van der Waals surface area contributed by atoms with E-state index in [-0.39, 0.29) is 0 Å². The van der Waals surface area contributed by atoms with Crippen LogP contribution in [0.2, 0.25) is 0 Å². The first-order chi connectivity index (χ1) is 21.7. The molecule has 2 nitrogen and oxygen atoms in total. The summed E-state index contributed by atoms with van der Waals surface area (Å²) in [4.78, 5) is 2.45. The predicted octanol–water partition coefficient (Wildman–Crippen LogP) is 12.6. The van der Waals surface area contributed by atoms with Crippen molar-refractivity contribution in [3.63, 3.8) is 0 Å². The Bertz CT molecular complexity index is 2500. The molecule has 0 saturated heterocycles. The van der Waals surface area contributed by atoms with Crippen LogP contribution in [0.1, 0.15) is 5.56 Å². The lowest BCUT2D eigenvalue weighted by Crippen LogP contribution is -2.10. The van der Waals surface area contributed by atoms with E-state index in [1.54, 1.807) is 0 Å². The van der Waals surface area contributed by atoms with E-state index in [0.717, 1.165) is 38.7 Å². The Morgan fingerprint density at radius 1 is 0.523 bits per heavy atom. The second kappa shape index (κ2) is 9.84. The average molecular weight is 582 g/mol. The van der Waals surface area contributed by atoms with Crippen LogP contribution in [0.3, 0.4) is 0 Å². The largest absolute Gasteiger partial charge is 0.455 e. The summed E-state index contributed by atoms with van der Waals surface area (Å²) in [6, 6.07) is 52.3. The minimum absolute atomic E-state index is 0.924. The first kappa shape index (κ1) is 25.1. The third kappa shape index (κ3) is 3.80. The van der Waals surface area contributed by atoms with E-state index in [2.05, 4.69) is 157 Å². The molecule has 0 aliphatic rings. The van der Waals surface area contributed by atoms with Crippen molar-refractivity contribution < 1.29 is 4.42 Å². The summed E-state index contributed by atoms with van der Waals surface area (Å²) in [6.07, 6.45) is 0. The van der Waals surface area contributed by atoms with Crippen LogP contribution in [0, 0.1) is 6.92 Å². The Balaban J connectivity index is 1.38. The molecule has 0 radical (unpaired) electrons. The van der Waals surface area contributed by atoms with E-state index >= 15 is 0 Å². The van der Waals surface area contributed by atoms with Gasteiger partial charge in [0, 0.05) is 42.7 Å². The molecule has 3 heteroatoms. The van der Waals surface area contributed by atoms with E-state index in [0.29, 0.717) is 0 Å². The van der Waals surface area contributed by atoms with Gasteiger partial charge in [-0.25, -0.2) is 0 Å². The molecule has 2 aromatic heterocycles. The molecule has 44 heavy (non-hydrogen) atoms. The van der Waals surface area contributed by atoms with Crippen LogP contribution in [0.15, 0.2) is 150 Å². The van der Waals surface area contributed by atoms with Crippen LogP contribution in [0.5, 0.6) is 0 Å². The van der Waals surface area contributed by atoms with Gasteiger partial charge >= 0.3 is 0 Å². The van der Waals surface area contributed by atoms with E-state index < -0.39 is 0 Å². The Labute approximate surface area is 259 Å². The van der Waals surface area contributed by atoms with Crippen LogP contribution in [0.25, 0.3) is 64.0 Å². The molecule has 0 bridgehead atoms. The number of hydrogen-bond donors (Lipinski definition) is 0. The Morgan fingerprint density at radius 2 is 1.20 bits per heavy atom. The fourth-order valence-electron chi connectivity index (χ4n) is 6.74. The molecule has 9 rings (SSSR count). The van der Waals surface area contributed by atoms with Crippen molar-refractivity contribution in [2.24, 2.45) is 0 Å². The normalized spacial score (nSPS) is 11.8. The maximum absolute atomic E-state index is 6.55. The highest BCUT2D eigenvalue weighted by atomic mass is 32.1. The van der Waals surface area contributed by atoms with Gasteiger partial charge in [0.15, 0.2) is 0 Å². The molecular weight excluding hydrogens is 555 g/mol. The van der Waals surface area contributed by atoms with Crippen molar-refractivity contribution in [3.05, 3.63) is 151 Å². The Morgan fingerprint density at radius 3 is 2.05 bits per heavy atom. The zero-order valence-corrected chi connectivity index (χ0v) is 24.9. The van der Waals surface area contributed by atoms with Gasteiger partial charge in [0.05, 0.1) is 16.1 Å². The molecule has 0 aliphatic carbocycles. The Hall–Kier alpha value is -5.38. The zero-order chi connectivity index (χ0) is 29.2. The van der Waals surface area contributed by atoms with Gasteiger partial charge in [-0.1, -0.05) is 109 Å². The summed E-state index contributed by atoms with van der Waals surface area (Å²) >= 11 is 1.86. The number of benzene rings is 7. The summed E-state index contributed by atoms with van der Waals surface area (Å²) in [5.41, 5.74) is 8.91. The van der Waals surface area contributed by atoms with Crippen LogP contribution in [0.4, 0.5) is 17.1 Å². The molecular formula is C41H27NOS. The van der Waals surface area contributed by atoms with E-state index in [9.17, 15) is 0 Å². The number of anilines is 3. The smallest absolute Gasteiger partial charge is 0.143 e. The average Bonchev–Trinajstić information content (AvgIpc) is 3.66. The van der Waals surface area contributed by atoms with Crippen LogP contribution < -0.4 is 4.90 Å².